The standard InChI is InChI=1S/C11H5F2IN/c12-8-5-10(11(13)15-6-8)7-2-1-3-9(14)4-7/h1-2,4-6H. The van der Waals surface area contributed by atoms with Crippen LogP contribution >= 0.6 is 22.6 Å². The summed E-state index contributed by atoms with van der Waals surface area (Å²) in [7, 11) is 0. The third-order valence-electron chi connectivity index (χ3n) is 1.88. The number of aromatic nitrogens is 1. The molecular formula is C11H5F2IN. The van der Waals surface area contributed by atoms with E-state index in [1.165, 1.54) is 0 Å². The maximum Gasteiger partial charge on any atom is 0.220 e. The zero-order chi connectivity index (χ0) is 10.8. The van der Waals surface area contributed by atoms with Gasteiger partial charge in [0, 0.05) is 9.13 Å². The van der Waals surface area contributed by atoms with Crippen LogP contribution in [0.25, 0.3) is 11.1 Å². The summed E-state index contributed by atoms with van der Waals surface area (Å²) in [6.45, 7) is 0. The number of halogens is 3. The number of hydrogen-bond acceptors (Lipinski definition) is 1. The lowest BCUT2D eigenvalue weighted by atomic mass is 10.1. The van der Waals surface area contributed by atoms with Gasteiger partial charge in [0.1, 0.15) is 5.82 Å². The van der Waals surface area contributed by atoms with E-state index in [-0.39, 0.29) is 5.56 Å². The average molecular weight is 316 g/mol. The first-order valence-corrected chi connectivity index (χ1v) is 5.23. The van der Waals surface area contributed by atoms with Crippen LogP contribution < -0.4 is 0 Å². The molecule has 15 heavy (non-hydrogen) atoms. The van der Waals surface area contributed by atoms with Crippen LogP contribution in [0.15, 0.2) is 30.5 Å². The predicted molar refractivity (Wildman–Crippen MR) is 61.1 cm³/mol. The fourth-order valence-corrected chi connectivity index (χ4v) is 1.75. The molecule has 0 aliphatic carbocycles. The third kappa shape index (κ3) is 2.31. The van der Waals surface area contributed by atoms with Crippen molar-refractivity contribution in [3.8, 4) is 11.1 Å². The van der Waals surface area contributed by atoms with Gasteiger partial charge >= 0.3 is 0 Å². The van der Waals surface area contributed by atoms with E-state index in [2.05, 4.69) is 33.6 Å². The Kier molecular flexibility index (Phi) is 2.95. The summed E-state index contributed by atoms with van der Waals surface area (Å²) in [5.74, 6) is -1.22. The molecular weight excluding hydrogens is 311 g/mol. The van der Waals surface area contributed by atoms with Gasteiger partial charge in [0.25, 0.3) is 0 Å². The second-order valence-electron chi connectivity index (χ2n) is 2.92. The lowest BCUT2D eigenvalue weighted by Crippen LogP contribution is -1.91. The molecule has 0 amide bonds. The van der Waals surface area contributed by atoms with E-state index in [0.29, 0.717) is 5.56 Å². The molecule has 2 rings (SSSR count). The van der Waals surface area contributed by atoms with E-state index < -0.39 is 11.8 Å². The Morgan fingerprint density at radius 3 is 2.80 bits per heavy atom. The Bertz CT molecular complexity index is 500. The number of rotatable bonds is 1. The minimum absolute atomic E-state index is 0.168. The van der Waals surface area contributed by atoms with Gasteiger partial charge in [-0.25, -0.2) is 9.37 Å². The van der Waals surface area contributed by atoms with Crippen LogP contribution in [0.1, 0.15) is 0 Å². The van der Waals surface area contributed by atoms with Crippen molar-refractivity contribution in [2.45, 2.75) is 0 Å². The molecule has 0 fully saturated rings. The molecule has 0 bridgehead atoms. The van der Waals surface area contributed by atoms with E-state index in [0.717, 1.165) is 15.8 Å². The van der Waals surface area contributed by atoms with E-state index in [1.54, 1.807) is 18.2 Å². The Morgan fingerprint density at radius 2 is 2.07 bits per heavy atom. The Balaban J connectivity index is 2.58. The second-order valence-corrected chi connectivity index (χ2v) is 4.08. The normalized spacial score (nSPS) is 10.3. The Labute approximate surface area is 99.3 Å². The summed E-state index contributed by atoms with van der Waals surface area (Å²) < 4.78 is 27.0. The summed E-state index contributed by atoms with van der Waals surface area (Å²) in [5, 5.41) is 0. The quantitative estimate of drug-likeness (QED) is 0.580. The molecule has 1 radical (unpaired) electrons. The summed E-state index contributed by atoms with van der Waals surface area (Å²) >= 11 is 2.06. The van der Waals surface area contributed by atoms with Crippen LogP contribution in [0.5, 0.6) is 0 Å². The van der Waals surface area contributed by atoms with Crippen molar-refractivity contribution >= 4 is 22.6 Å². The van der Waals surface area contributed by atoms with Gasteiger partial charge in [-0.2, -0.15) is 4.39 Å². The van der Waals surface area contributed by atoms with Gasteiger partial charge in [0.2, 0.25) is 5.95 Å². The molecule has 0 unspecified atom stereocenters. The Morgan fingerprint density at radius 1 is 1.27 bits per heavy atom. The second kappa shape index (κ2) is 4.22. The third-order valence-corrected chi connectivity index (χ3v) is 2.51. The molecule has 0 atom stereocenters. The first-order valence-electron chi connectivity index (χ1n) is 4.15. The van der Waals surface area contributed by atoms with Crippen LogP contribution in [0.4, 0.5) is 8.78 Å². The van der Waals surface area contributed by atoms with Crippen molar-refractivity contribution in [2.75, 3.05) is 0 Å². The average Bonchev–Trinajstić information content (AvgIpc) is 2.22. The number of hydrogen-bond donors (Lipinski definition) is 0. The smallest absolute Gasteiger partial charge is 0.220 e. The topological polar surface area (TPSA) is 12.9 Å². The summed E-state index contributed by atoms with van der Waals surface area (Å²) in [6.07, 6.45) is 0.860. The number of nitrogens with zero attached hydrogens (tertiary/aromatic N) is 1. The SMILES string of the molecule is Fc1cnc(F)c(-c2cc[c]c(I)c2)c1. The van der Waals surface area contributed by atoms with Crippen molar-refractivity contribution < 1.29 is 8.78 Å². The minimum Gasteiger partial charge on any atom is -0.225 e. The molecule has 0 saturated carbocycles. The maximum absolute atomic E-state index is 13.3. The van der Waals surface area contributed by atoms with Gasteiger partial charge in [-0.3, -0.25) is 0 Å². The molecule has 0 saturated heterocycles. The molecule has 0 N–H and O–H groups in total. The van der Waals surface area contributed by atoms with Crippen LogP contribution in [0.3, 0.4) is 0 Å². The fourth-order valence-electron chi connectivity index (χ4n) is 1.23. The summed E-state index contributed by atoms with van der Waals surface area (Å²) in [4.78, 5) is 3.33. The van der Waals surface area contributed by atoms with E-state index >= 15 is 0 Å². The first kappa shape index (κ1) is 10.5. The molecule has 1 aromatic carbocycles. The van der Waals surface area contributed by atoms with Crippen molar-refractivity contribution in [3.05, 3.63) is 51.9 Å². The lowest BCUT2D eigenvalue weighted by Gasteiger charge is -2.02. The zero-order valence-corrected chi connectivity index (χ0v) is 9.63. The molecule has 75 valence electrons. The molecule has 4 heteroatoms. The number of benzene rings is 1. The highest BCUT2D eigenvalue weighted by Gasteiger charge is 2.07. The highest BCUT2D eigenvalue weighted by molar-refractivity contribution is 14.1. The highest BCUT2D eigenvalue weighted by atomic mass is 127. The maximum atomic E-state index is 13.3. The van der Waals surface area contributed by atoms with Gasteiger partial charge in [-0.05, 0) is 46.4 Å². The zero-order valence-electron chi connectivity index (χ0n) is 7.47. The molecule has 0 aliphatic heterocycles. The van der Waals surface area contributed by atoms with Crippen LogP contribution in [0.2, 0.25) is 0 Å². The van der Waals surface area contributed by atoms with Crippen molar-refractivity contribution in [2.24, 2.45) is 0 Å². The Hall–Kier alpha value is -1.04. The highest BCUT2D eigenvalue weighted by Crippen LogP contribution is 2.23. The van der Waals surface area contributed by atoms with E-state index in [1.807, 2.05) is 0 Å². The molecule has 0 spiro atoms. The fraction of sp³-hybridized carbons (Fsp3) is 0. The molecule has 1 aromatic heterocycles. The van der Waals surface area contributed by atoms with Crippen LogP contribution in [-0.2, 0) is 0 Å². The largest absolute Gasteiger partial charge is 0.225 e. The van der Waals surface area contributed by atoms with Gasteiger partial charge in [-0.15, -0.1) is 0 Å². The van der Waals surface area contributed by atoms with Gasteiger partial charge < -0.3 is 0 Å². The molecule has 1 nitrogen and oxygen atoms in total. The minimum atomic E-state index is -0.668. The summed E-state index contributed by atoms with van der Waals surface area (Å²) in [6, 6.07) is 9.12. The molecule has 1 heterocycles. The van der Waals surface area contributed by atoms with Crippen molar-refractivity contribution in [1.82, 2.24) is 4.98 Å². The number of pyridine rings is 1. The van der Waals surface area contributed by atoms with Crippen molar-refractivity contribution in [1.29, 1.82) is 0 Å². The van der Waals surface area contributed by atoms with Gasteiger partial charge in [-0.1, -0.05) is 12.1 Å². The van der Waals surface area contributed by atoms with Gasteiger partial charge in [0.15, 0.2) is 0 Å². The summed E-state index contributed by atoms with van der Waals surface area (Å²) in [5.41, 5.74) is 0.768. The predicted octanol–water partition coefficient (Wildman–Crippen LogP) is 3.43. The van der Waals surface area contributed by atoms with E-state index in [4.69, 9.17) is 0 Å². The first-order chi connectivity index (χ1) is 7.16. The molecule has 0 aliphatic rings. The monoisotopic (exact) mass is 316 g/mol. The molecule has 2 aromatic rings. The lowest BCUT2D eigenvalue weighted by molar-refractivity contribution is 0.563. The van der Waals surface area contributed by atoms with Crippen LogP contribution in [-0.4, -0.2) is 4.98 Å². The van der Waals surface area contributed by atoms with Crippen molar-refractivity contribution in [3.63, 3.8) is 0 Å². The van der Waals surface area contributed by atoms with E-state index in [9.17, 15) is 8.78 Å². The van der Waals surface area contributed by atoms with Crippen LogP contribution in [0, 0.1) is 21.4 Å². The van der Waals surface area contributed by atoms with Gasteiger partial charge in [0.05, 0.1) is 6.20 Å².